The van der Waals surface area contributed by atoms with Crippen molar-refractivity contribution in [3.63, 3.8) is 0 Å². The molecule has 1 amide bonds. The van der Waals surface area contributed by atoms with E-state index in [9.17, 15) is 19.8 Å². The van der Waals surface area contributed by atoms with Gasteiger partial charge in [0, 0.05) is 12.8 Å². The molecule has 0 radical (unpaired) electrons. The zero-order valence-electron chi connectivity index (χ0n) is 49.1. The van der Waals surface area contributed by atoms with Gasteiger partial charge in [-0.1, -0.05) is 294 Å². The normalized spacial score (nSPS) is 12.8. The standard InChI is InChI=1S/C67H127NO5/c1-3-5-7-9-11-13-15-17-19-32-35-39-43-47-51-55-59-65(70)64(63-69)68-66(71)60-56-52-48-44-40-36-33-29-27-25-23-21-20-22-24-26-28-30-34-38-42-46-50-54-58-62-73-67(72)61-57-53-49-45-41-37-31-18-16-14-12-10-8-6-4-2/h12,14,18,21,23,31,64-65,69-70H,3-11,13,15-17,19-20,22,24-30,32-63H2,1-2H3,(H,68,71)/b14-12-,23-21-,31-18-. The van der Waals surface area contributed by atoms with E-state index in [0.29, 0.717) is 25.9 Å². The molecule has 0 spiro atoms. The molecule has 0 fully saturated rings. The summed E-state index contributed by atoms with van der Waals surface area (Å²) in [5, 5.41) is 23.3. The van der Waals surface area contributed by atoms with E-state index in [-0.39, 0.29) is 18.5 Å². The molecule has 0 aromatic rings. The van der Waals surface area contributed by atoms with E-state index in [1.54, 1.807) is 0 Å². The fourth-order valence-corrected chi connectivity index (χ4v) is 10.1. The Hall–Kier alpha value is -1.92. The molecule has 3 N–H and O–H groups in total. The lowest BCUT2D eigenvalue weighted by atomic mass is 10.0. The maximum atomic E-state index is 12.5. The predicted molar refractivity (Wildman–Crippen MR) is 319 cm³/mol. The summed E-state index contributed by atoms with van der Waals surface area (Å²) in [4.78, 5) is 24.6. The number of esters is 1. The average molecular weight is 1030 g/mol. The van der Waals surface area contributed by atoms with Gasteiger partial charge in [-0.15, -0.1) is 0 Å². The van der Waals surface area contributed by atoms with Gasteiger partial charge < -0.3 is 20.3 Å². The number of aliphatic hydroxyl groups excluding tert-OH is 2. The molecule has 6 heteroatoms. The van der Waals surface area contributed by atoms with Crippen LogP contribution in [0.25, 0.3) is 0 Å². The van der Waals surface area contributed by atoms with Crippen molar-refractivity contribution in [3.05, 3.63) is 36.5 Å². The van der Waals surface area contributed by atoms with Crippen molar-refractivity contribution in [2.24, 2.45) is 0 Å². The summed E-state index contributed by atoms with van der Waals surface area (Å²) >= 11 is 0. The number of hydrogen-bond acceptors (Lipinski definition) is 5. The first kappa shape index (κ1) is 71.1. The van der Waals surface area contributed by atoms with Gasteiger partial charge >= 0.3 is 5.97 Å². The van der Waals surface area contributed by atoms with Crippen LogP contribution in [0.4, 0.5) is 0 Å². The fourth-order valence-electron chi connectivity index (χ4n) is 10.1. The Morgan fingerprint density at radius 3 is 1.08 bits per heavy atom. The smallest absolute Gasteiger partial charge is 0.305 e. The molecule has 73 heavy (non-hydrogen) atoms. The minimum Gasteiger partial charge on any atom is -0.466 e. The lowest BCUT2D eigenvalue weighted by Crippen LogP contribution is -2.45. The van der Waals surface area contributed by atoms with Gasteiger partial charge in [-0.2, -0.15) is 0 Å². The topological polar surface area (TPSA) is 95.9 Å². The Bertz CT molecular complexity index is 1180. The van der Waals surface area contributed by atoms with Crippen LogP contribution >= 0.6 is 0 Å². The van der Waals surface area contributed by atoms with E-state index < -0.39 is 12.1 Å². The Morgan fingerprint density at radius 2 is 0.685 bits per heavy atom. The van der Waals surface area contributed by atoms with Crippen molar-refractivity contribution in [1.29, 1.82) is 0 Å². The van der Waals surface area contributed by atoms with Crippen LogP contribution < -0.4 is 5.32 Å². The average Bonchev–Trinajstić information content (AvgIpc) is 3.39. The lowest BCUT2D eigenvalue weighted by Gasteiger charge is -2.22. The molecule has 0 aliphatic heterocycles. The summed E-state index contributed by atoms with van der Waals surface area (Å²) in [5.74, 6) is -0.0364. The molecule has 0 aliphatic carbocycles. The molecule has 430 valence electrons. The molecular formula is C67H127NO5. The minimum absolute atomic E-state index is 0.000348. The van der Waals surface area contributed by atoms with Crippen LogP contribution in [-0.2, 0) is 14.3 Å². The highest BCUT2D eigenvalue weighted by atomic mass is 16.5. The third-order valence-corrected chi connectivity index (χ3v) is 15.2. The quantitative estimate of drug-likeness (QED) is 0.0320. The van der Waals surface area contributed by atoms with Crippen LogP contribution in [0.3, 0.4) is 0 Å². The van der Waals surface area contributed by atoms with Crippen molar-refractivity contribution >= 4 is 11.9 Å². The number of nitrogens with one attached hydrogen (secondary N) is 1. The van der Waals surface area contributed by atoms with Crippen LogP contribution in [0.5, 0.6) is 0 Å². The van der Waals surface area contributed by atoms with Crippen LogP contribution in [0.2, 0.25) is 0 Å². The van der Waals surface area contributed by atoms with E-state index in [1.165, 1.54) is 270 Å². The first-order valence-electron chi connectivity index (χ1n) is 32.7. The molecule has 0 aliphatic rings. The Morgan fingerprint density at radius 1 is 0.384 bits per heavy atom. The van der Waals surface area contributed by atoms with E-state index >= 15 is 0 Å². The second kappa shape index (κ2) is 62.6. The first-order chi connectivity index (χ1) is 36.0. The summed E-state index contributed by atoms with van der Waals surface area (Å²) in [6.07, 6.45) is 78.8. The molecule has 2 unspecified atom stereocenters. The molecule has 0 aromatic heterocycles. The number of carbonyl (C=O) groups excluding carboxylic acids is 2. The second-order valence-corrected chi connectivity index (χ2v) is 22.4. The molecule has 0 saturated carbocycles. The van der Waals surface area contributed by atoms with Crippen molar-refractivity contribution < 1.29 is 24.5 Å². The summed E-state index contributed by atoms with van der Waals surface area (Å²) < 4.78 is 5.48. The van der Waals surface area contributed by atoms with Crippen LogP contribution in [-0.4, -0.2) is 47.4 Å². The highest BCUT2D eigenvalue weighted by Gasteiger charge is 2.20. The Balaban J connectivity index is 3.40. The SMILES string of the molecule is CCCCC/C=C\C/C=C\CCCCCCCC(=O)OCCCCCCCCCCCCCC/C=C\CCCCCCCCCCCC(=O)NC(CO)C(O)CCCCCCCCCCCCCCCCCC. The molecular weight excluding hydrogens is 899 g/mol. The number of unbranched alkanes of at least 4 members (excludes halogenated alkanes) is 44. The molecule has 0 rings (SSSR count). The van der Waals surface area contributed by atoms with Gasteiger partial charge in [0.05, 0.1) is 25.4 Å². The van der Waals surface area contributed by atoms with Crippen LogP contribution in [0.15, 0.2) is 36.5 Å². The molecule has 0 heterocycles. The second-order valence-electron chi connectivity index (χ2n) is 22.4. The maximum absolute atomic E-state index is 12.5. The fraction of sp³-hybridized carbons (Fsp3) is 0.881. The van der Waals surface area contributed by atoms with Gasteiger partial charge in [-0.05, 0) is 83.5 Å². The third-order valence-electron chi connectivity index (χ3n) is 15.2. The number of ether oxygens (including phenoxy) is 1. The monoisotopic (exact) mass is 1030 g/mol. The van der Waals surface area contributed by atoms with Crippen molar-refractivity contribution in [2.75, 3.05) is 13.2 Å². The lowest BCUT2D eigenvalue weighted by molar-refractivity contribution is -0.143. The first-order valence-corrected chi connectivity index (χ1v) is 32.7. The van der Waals surface area contributed by atoms with E-state index in [1.807, 2.05) is 0 Å². The summed E-state index contributed by atoms with van der Waals surface area (Å²) in [6, 6.07) is -0.544. The minimum atomic E-state index is -0.667. The van der Waals surface area contributed by atoms with Crippen molar-refractivity contribution in [3.8, 4) is 0 Å². The molecule has 6 nitrogen and oxygen atoms in total. The molecule has 2 atom stereocenters. The summed E-state index contributed by atoms with van der Waals surface area (Å²) in [7, 11) is 0. The summed E-state index contributed by atoms with van der Waals surface area (Å²) in [6.45, 7) is 4.94. The summed E-state index contributed by atoms with van der Waals surface area (Å²) in [5.41, 5.74) is 0. The van der Waals surface area contributed by atoms with Gasteiger partial charge in [-0.25, -0.2) is 0 Å². The van der Waals surface area contributed by atoms with E-state index in [2.05, 4.69) is 55.6 Å². The number of carbonyl (C=O) groups is 2. The highest BCUT2D eigenvalue weighted by Crippen LogP contribution is 2.18. The van der Waals surface area contributed by atoms with E-state index in [0.717, 1.165) is 51.4 Å². The largest absolute Gasteiger partial charge is 0.466 e. The van der Waals surface area contributed by atoms with Crippen molar-refractivity contribution in [1.82, 2.24) is 5.32 Å². The van der Waals surface area contributed by atoms with Crippen molar-refractivity contribution in [2.45, 2.75) is 366 Å². The maximum Gasteiger partial charge on any atom is 0.305 e. The Labute approximate surface area is 455 Å². The van der Waals surface area contributed by atoms with Gasteiger partial charge in [0.15, 0.2) is 0 Å². The Kier molecular flexibility index (Phi) is 61.0. The van der Waals surface area contributed by atoms with E-state index in [4.69, 9.17) is 4.74 Å². The number of hydrogen-bond donors (Lipinski definition) is 3. The number of amides is 1. The number of rotatable bonds is 61. The highest BCUT2D eigenvalue weighted by molar-refractivity contribution is 5.76. The number of allylic oxidation sites excluding steroid dienone is 6. The van der Waals surface area contributed by atoms with Gasteiger partial charge in [0.25, 0.3) is 0 Å². The van der Waals surface area contributed by atoms with Gasteiger partial charge in [0.2, 0.25) is 5.91 Å². The molecule has 0 bridgehead atoms. The third kappa shape index (κ3) is 59.2. The van der Waals surface area contributed by atoms with Gasteiger partial charge in [-0.3, -0.25) is 9.59 Å². The van der Waals surface area contributed by atoms with Crippen LogP contribution in [0.1, 0.15) is 354 Å². The molecule has 0 saturated heterocycles. The zero-order valence-corrected chi connectivity index (χ0v) is 49.1. The van der Waals surface area contributed by atoms with Gasteiger partial charge in [0.1, 0.15) is 0 Å². The zero-order chi connectivity index (χ0) is 52.9. The number of aliphatic hydroxyl groups is 2. The predicted octanol–water partition coefficient (Wildman–Crippen LogP) is 20.8. The van der Waals surface area contributed by atoms with Crippen LogP contribution in [0, 0.1) is 0 Å². The molecule has 0 aromatic carbocycles.